The molecule has 3 aromatic rings. The van der Waals surface area contributed by atoms with Gasteiger partial charge < -0.3 is 98.1 Å². The van der Waals surface area contributed by atoms with E-state index in [0.717, 1.165) is 28.5 Å². The molecule has 1 aromatic heterocycles. The fourth-order valence-electron chi connectivity index (χ4n) is 5.36. The Morgan fingerprint density at radius 1 is 0.526 bits per heavy atom. The molecule has 27 heteroatoms. The van der Waals surface area contributed by atoms with Gasteiger partial charge in [-0.2, -0.15) is 0 Å². The molecule has 0 fully saturated rings. The van der Waals surface area contributed by atoms with Gasteiger partial charge in [0.15, 0.2) is 5.96 Å². The summed E-state index contributed by atoms with van der Waals surface area (Å²) in [5.74, 6) is -6.51. The third kappa shape index (κ3) is 42.1. The van der Waals surface area contributed by atoms with Crippen LogP contribution in [0.3, 0.4) is 0 Å². The number of fused-ring (bicyclic) bond motifs is 1. The Morgan fingerprint density at radius 3 is 1.29 bits per heavy atom. The molecule has 432 valence electrons. The van der Waals surface area contributed by atoms with Gasteiger partial charge in [-0.05, 0) is 73.5 Å². The molecular formula is C49H86N12O15. The van der Waals surface area contributed by atoms with E-state index in [4.69, 9.17) is 93.1 Å². The van der Waals surface area contributed by atoms with E-state index in [2.05, 4.69) is 9.98 Å². The zero-order valence-electron chi connectivity index (χ0n) is 44.2. The molecule has 0 aliphatic carbocycles. The Kier molecular flexibility index (Phi) is 42.6. The van der Waals surface area contributed by atoms with E-state index < -0.39 is 90.0 Å². The summed E-state index contributed by atoms with van der Waals surface area (Å²) in [6.07, 6.45) is 5.54. The summed E-state index contributed by atoms with van der Waals surface area (Å²) in [6.45, 7) is 12.0. The Bertz CT molecular complexity index is 2150. The third-order valence-corrected chi connectivity index (χ3v) is 9.98. The SMILES string of the molecule is CC(C)C[C@H](N)C(=O)O.CC(C)C[C@H](N)C(=O)O.CC[C@H](C)[C@H](N)C(=O)O.NC(=O)CC[C@H](N)C(=O)O.NC(N)=NCCC[C@H](N)C(=O)O.N[C@@H](Cc1c[nH]c2ccccc12)C(=O)O.N[C@@H](Cc1ccccc1)C(=O)O. The van der Waals surface area contributed by atoms with Gasteiger partial charge in [0.1, 0.15) is 42.3 Å². The van der Waals surface area contributed by atoms with Crippen LogP contribution in [-0.4, -0.2) is 143 Å². The summed E-state index contributed by atoms with van der Waals surface area (Å²) in [7, 11) is 0. The van der Waals surface area contributed by atoms with Crippen molar-refractivity contribution >= 4 is 64.6 Å². The molecule has 76 heavy (non-hydrogen) atoms. The zero-order valence-corrected chi connectivity index (χ0v) is 44.2. The molecule has 27 nitrogen and oxygen atoms in total. The molecule has 0 saturated carbocycles. The van der Waals surface area contributed by atoms with Crippen molar-refractivity contribution in [2.45, 2.75) is 142 Å². The lowest BCUT2D eigenvalue weighted by molar-refractivity contribution is -0.140. The average molecular weight is 1080 g/mol. The van der Waals surface area contributed by atoms with Crippen LogP contribution in [0.4, 0.5) is 0 Å². The fourth-order valence-corrected chi connectivity index (χ4v) is 5.36. The number of nitrogens with one attached hydrogen (secondary N) is 1. The van der Waals surface area contributed by atoms with Gasteiger partial charge in [0.05, 0.1) is 0 Å². The van der Waals surface area contributed by atoms with E-state index >= 15 is 0 Å². The second-order valence-corrected chi connectivity index (χ2v) is 17.9. The highest BCUT2D eigenvalue weighted by atomic mass is 16.4. The minimum absolute atomic E-state index is 0.0129. The largest absolute Gasteiger partial charge is 0.480 e. The minimum atomic E-state index is -1.11. The smallest absolute Gasteiger partial charge is 0.320 e. The Morgan fingerprint density at radius 2 is 0.934 bits per heavy atom. The maximum Gasteiger partial charge on any atom is 0.320 e. The van der Waals surface area contributed by atoms with E-state index in [9.17, 15) is 38.4 Å². The number of aromatic nitrogens is 1. The maximum absolute atomic E-state index is 10.6. The van der Waals surface area contributed by atoms with Crippen LogP contribution in [0.5, 0.6) is 0 Å². The van der Waals surface area contributed by atoms with Crippen molar-refractivity contribution in [1.29, 1.82) is 0 Å². The van der Waals surface area contributed by atoms with E-state index in [1.54, 1.807) is 0 Å². The number of nitrogens with two attached hydrogens (primary N) is 10. The summed E-state index contributed by atoms with van der Waals surface area (Å²) in [5.41, 5.74) is 54.6. The highest BCUT2D eigenvalue weighted by Gasteiger charge is 2.18. The summed E-state index contributed by atoms with van der Waals surface area (Å²) in [4.78, 5) is 88.5. The molecule has 8 atom stereocenters. The number of para-hydroxylation sites is 1. The molecule has 0 radical (unpaired) electrons. The second kappa shape index (κ2) is 43.0. The number of carbonyl (C=O) groups is 8. The number of carboxylic acids is 7. The van der Waals surface area contributed by atoms with Crippen LogP contribution >= 0.6 is 0 Å². The van der Waals surface area contributed by atoms with Gasteiger partial charge in [0.25, 0.3) is 0 Å². The molecule has 1 amide bonds. The first-order valence-electron chi connectivity index (χ1n) is 23.9. The number of aromatic amines is 1. The molecule has 0 unspecified atom stereocenters. The quantitative estimate of drug-likeness (QED) is 0.0324. The molecule has 2 aromatic carbocycles. The number of carbonyl (C=O) groups excluding carboxylic acids is 1. The van der Waals surface area contributed by atoms with Crippen LogP contribution < -0.4 is 57.3 Å². The van der Waals surface area contributed by atoms with Crippen LogP contribution in [-0.2, 0) is 51.2 Å². The second-order valence-electron chi connectivity index (χ2n) is 17.9. The first-order valence-corrected chi connectivity index (χ1v) is 23.9. The predicted molar refractivity (Wildman–Crippen MR) is 288 cm³/mol. The highest BCUT2D eigenvalue weighted by Crippen LogP contribution is 2.18. The Hall–Kier alpha value is -7.27. The van der Waals surface area contributed by atoms with Gasteiger partial charge in [0, 0.05) is 36.5 Å². The number of primary amides is 1. The van der Waals surface area contributed by atoms with Crippen molar-refractivity contribution < 1.29 is 74.1 Å². The molecule has 0 spiro atoms. The van der Waals surface area contributed by atoms with Crippen molar-refractivity contribution in [3.05, 3.63) is 71.9 Å². The molecule has 3 rings (SSSR count). The molecule has 0 saturated heterocycles. The molecule has 0 aliphatic heterocycles. The number of rotatable bonds is 24. The van der Waals surface area contributed by atoms with Gasteiger partial charge >= 0.3 is 41.8 Å². The third-order valence-electron chi connectivity index (χ3n) is 9.98. The summed E-state index contributed by atoms with van der Waals surface area (Å²) in [5, 5.41) is 59.8. The van der Waals surface area contributed by atoms with Crippen LogP contribution in [0, 0.1) is 17.8 Å². The van der Waals surface area contributed by atoms with Crippen molar-refractivity contribution in [2.75, 3.05) is 6.54 Å². The number of hydrogen-bond donors (Lipinski definition) is 18. The first-order chi connectivity index (χ1) is 35.1. The zero-order chi connectivity index (χ0) is 59.8. The number of guanidine groups is 1. The molecule has 0 aliphatic rings. The van der Waals surface area contributed by atoms with Crippen LogP contribution in [0.25, 0.3) is 10.9 Å². The van der Waals surface area contributed by atoms with Crippen molar-refractivity contribution in [1.82, 2.24) is 4.98 Å². The molecular weight excluding hydrogens is 997 g/mol. The van der Waals surface area contributed by atoms with E-state index in [1.165, 1.54) is 0 Å². The van der Waals surface area contributed by atoms with Gasteiger partial charge in [-0.25, -0.2) is 0 Å². The van der Waals surface area contributed by atoms with Crippen molar-refractivity contribution in [3.63, 3.8) is 0 Å². The number of carboxylic acid groups (broad SMARTS) is 7. The Balaban J connectivity index is -0.000000402. The van der Waals surface area contributed by atoms with Crippen LogP contribution in [0.1, 0.15) is 97.6 Å². The lowest BCUT2D eigenvalue weighted by atomic mass is 10.0. The van der Waals surface area contributed by atoms with Gasteiger partial charge in [-0.15, -0.1) is 0 Å². The number of benzene rings is 2. The van der Waals surface area contributed by atoms with E-state index in [-0.39, 0.29) is 24.7 Å². The van der Waals surface area contributed by atoms with Crippen molar-refractivity contribution in [3.8, 4) is 0 Å². The summed E-state index contributed by atoms with van der Waals surface area (Å²) >= 11 is 0. The first kappa shape index (κ1) is 75.2. The normalized spacial score (nSPS) is 13.3. The topological polar surface area (TPSA) is 567 Å². The summed E-state index contributed by atoms with van der Waals surface area (Å²) in [6, 6.07) is 11.6. The van der Waals surface area contributed by atoms with Gasteiger partial charge in [-0.1, -0.05) is 96.5 Å². The van der Waals surface area contributed by atoms with Crippen LogP contribution in [0.2, 0.25) is 0 Å². The summed E-state index contributed by atoms with van der Waals surface area (Å²) < 4.78 is 0. The number of hydrogen-bond acceptors (Lipinski definition) is 16. The lowest BCUT2D eigenvalue weighted by Crippen LogP contribution is -2.36. The maximum atomic E-state index is 10.6. The molecule has 28 N–H and O–H groups in total. The van der Waals surface area contributed by atoms with Crippen LogP contribution in [0.15, 0.2) is 65.8 Å². The minimum Gasteiger partial charge on any atom is -0.480 e. The predicted octanol–water partition coefficient (Wildman–Crippen LogP) is 0.212. The highest BCUT2D eigenvalue weighted by molar-refractivity contribution is 5.84. The lowest BCUT2D eigenvalue weighted by Gasteiger charge is -2.11. The van der Waals surface area contributed by atoms with Crippen molar-refractivity contribution in [2.24, 2.45) is 80.1 Å². The average Bonchev–Trinajstić information content (AvgIpc) is 3.74. The van der Waals surface area contributed by atoms with Gasteiger partial charge in [0.2, 0.25) is 5.91 Å². The molecule has 0 bridgehead atoms. The van der Waals surface area contributed by atoms with E-state index in [0.29, 0.717) is 56.9 Å². The number of aliphatic carboxylic acids is 7. The Labute approximate surface area is 442 Å². The molecule has 1 heterocycles. The fraction of sp³-hybridized carbons (Fsp3) is 0.531. The number of aliphatic imine (C=N–C) groups is 1. The monoisotopic (exact) mass is 1080 g/mol. The standard InChI is InChI=1S/C11H12N2O2.C9H11NO2.C6H14N4O2.3C6H13NO2.C5H10N2O3/c12-9(11(14)15)5-7-6-13-10-4-2-1-3-8(7)10;10-8(9(11)12)6-7-4-2-1-3-5-7;7-4(5(11)12)2-1-3-10-6(8)9;2*1-4(2)3-5(7)6(8)9;1-3-4(2)5(7)6(8)9;6-3(5(9)10)1-2-4(7)8/h1-4,6,9,13H,5,12H2,(H,14,15);1-5,8H,6,10H2,(H,11,12);4H,1-3,7H2,(H,11,12)(H4,8,9,10);3*4-5H,3,7H2,1-2H3,(H,8,9);3H,1-2,6H2,(H2,7,8)(H,9,10)/t9-;8-;4-;2*5-;4-,5-;3-/m0000000/s1. The number of amides is 1. The van der Waals surface area contributed by atoms with Gasteiger partial charge in [-0.3, -0.25) is 43.3 Å². The van der Waals surface area contributed by atoms with E-state index in [1.807, 2.05) is 102 Å². The number of H-pyrrole nitrogens is 1. The number of nitrogens with zero attached hydrogens (tertiary/aromatic N) is 1.